The van der Waals surface area contributed by atoms with Crippen LogP contribution in [0.1, 0.15) is 17.5 Å². The van der Waals surface area contributed by atoms with Crippen LogP contribution in [0.3, 0.4) is 0 Å². The number of aryl methyl sites for hydroxylation is 1. The Morgan fingerprint density at radius 1 is 1.24 bits per heavy atom. The summed E-state index contributed by atoms with van der Waals surface area (Å²) in [6.07, 6.45) is 7.12. The highest BCUT2D eigenvalue weighted by Crippen LogP contribution is 2.12. The molecule has 1 unspecified atom stereocenters. The minimum Gasteiger partial charge on any atom is -0.317 e. The topological polar surface area (TPSA) is 24.9 Å². The standard InChI is InChI=1S/C14H18N2S/c1-15-14(10-13-6-9-17-11-13)3-2-12-4-7-16-8-5-12/h4-9,11,14-15H,2-3,10H2,1H3. The van der Waals surface area contributed by atoms with E-state index in [9.17, 15) is 0 Å². The molecule has 3 heteroatoms. The molecule has 0 aliphatic heterocycles. The number of rotatable bonds is 6. The van der Waals surface area contributed by atoms with E-state index in [2.05, 4.69) is 39.3 Å². The summed E-state index contributed by atoms with van der Waals surface area (Å²) in [6, 6.07) is 6.95. The Kier molecular flexibility index (Phi) is 4.71. The fourth-order valence-corrected chi connectivity index (χ4v) is 2.61. The smallest absolute Gasteiger partial charge is 0.0270 e. The third-order valence-electron chi connectivity index (χ3n) is 3.00. The van der Waals surface area contributed by atoms with Crippen molar-refractivity contribution in [1.29, 1.82) is 0 Å². The van der Waals surface area contributed by atoms with Crippen molar-refractivity contribution in [2.45, 2.75) is 25.3 Å². The van der Waals surface area contributed by atoms with Gasteiger partial charge in [-0.05, 0) is 66.4 Å². The predicted octanol–water partition coefficient (Wildman–Crippen LogP) is 2.91. The molecule has 1 N–H and O–H groups in total. The maximum Gasteiger partial charge on any atom is 0.0270 e. The number of hydrogen-bond donors (Lipinski definition) is 1. The molecule has 0 fully saturated rings. The van der Waals surface area contributed by atoms with E-state index in [0.29, 0.717) is 6.04 Å². The van der Waals surface area contributed by atoms with Crippen molar-refractivity contribution in [3.8, 4) is 0 Å². The molecule has 2 heterocycles. The largest absolute Gasteiger partial charge is 0.317 e. The highest BCUT2D eigenvalue weighted by atomic mass is 32.1. The minimum atomic E-state index is 0.553. The highest BCUT2D eigenvalue weighted by molar-refractivity contribution is 7.07. The lowest BCUT2D eigenvalue weighted by Gasteiger charge is -2.15. The zero-order valence-electron chi connectivity index (χ0n) is 10.1. The SMILES string of the molecule is CNC(CCc1ccncc1)Cc1ccsc1. The summed E-state index contributed by atoms with van der Waals surface area (Å²) in [6.45, 7) is 0. The highest BCUT2D eigenvalue weighted by Gasteiger charge is 2.07. The molecule has 2 nitrogen and oxygen atoms in total. The van der Waals surface area contributed by atoms with Crippen LogP contribution in [0.15, 0.2) is 41.4 Å². The Labute approximate surface area is 107 Å². The van der Waals surface area contributed by atoms with E-state index in [1.165, 1.54) is 11.1 Å². The lowest BCUT2D eigenvalue weighted by molar-refractivity contribution is 0.520. The van der Waals surface area contributed by atoms with Crippen molar-refractivity contribution < 1.29 is 0 Å². The van der Waals surface area contributed by atoms with Crippen LogP contribution in [0.25, 0.3) is 0 Å². The number of nitrogens with zero attached hydrogens (tertiary/aromatic N) is 1. The lowest BCUT2D eigenvalue weighted by Crippen LogP contribution is -2.27. The number of nitrogens with one attached hydrogen (secondary N) is 1. The molecule has 0 saturated heterocycles. The predicted molar refractivity (Wildman–Crippen MR) is 73.4 cm³/mol. The number of hydrogen-bond acceptors (Lipinski definition) is 3. The monoisotopic (exact) mass is 246 g/mol. The van der Waals surface area contributed by atoms with E-state index in [-0.39, 0.29) is 0 Å². The van der Waals surface area contributed by atoms with Gasteiger partial charge in [-0.2, -0.15) is 11.3 Å². The average Bonchev–Trinajstić information content (AvgIpc) is 2.88. The van der Waals surface area contributed by atoms with E-state index in [4.69, 9.17) is 0 Å². The van der Waals surface area contributed by atoms with Crippen LogP contribution in [-0.2, 0) is 12.8 Å². The van der Waals surface area contributed by atoms with Gasteiger partial charge in [0.05, 0.1) is 0 Å². The molecule has 1 atom stereocenters. The van der Waals surface area contributed by atoms with Crippen LogP contribution in [0, 0.1) is 0 Å². The van der Waals surface area contributed by atoms with Crippen molar-refractivity contribution >= 4 is 11.3 Å². The van der Waals surface area contributed by atoms with Crippen molar-refractivity contribution in [1.82, 2.24) is 10.3 Å². The third-order valence-corrected chi connectivity index (χ3v) is 3.73. The molecule has 0 radical (unpaired) electrons. The van der Waals surface area contributed by atoms with Crippen molar-refractivity contribution in [3.05, 3.63) is 52.5 Å². The molecule has 17 heavy (non-hydrogen) atoms. The molecule has 0 spiro atoms. The first kappa shape index (κ1) is 12.3. The summed E-state index contributed by atoms with van der Waals surface area (Å²) >= 11 is 1.77. The molecular formula is C14H18N2S. The molecule has 90 valence electrons. The molecular weight excluding hydrogens is 228 g/mol. The summed E-state index contributed by atoms with van der Waals surface area (Å²) in [5.41, 5.74) is 2.80. The van der Waals surface area contributed by atoms with Gasteiger partial charge in [0.25, 0.3) is 0 Å². The molecule has 0 aromatic carbocycles. The first-order valence-electron chi connectivity index (χ1n) is 5.95. The maximum absolute atomic E-state index is 4.04. The van der Waals surface area contributed by atoms with E-state index in [0.717, 1.165) is 19.3 Å². The zero-order chi connectivity index (χ0) is 11.9. The van der Waals surface area contributed by atoms with Gasteiger partial charge in [0.1, 0.15) is 0 Å². The van der Waals surface area contributed by atoms with E-state index in [1.54, 1.807) is 11.3 Å². The van der Waals surface area contributed by atoms with Crippen LogP contribution in [-0.4, -0.2) is 18.1 Å². The van der Waals surface area contributed by atoms with Crippen LogP contribution in [0.2, 0.25) is 0 Å². The molecule has 2 aromatic rings. The number of pyridine rings is 1. The van der Waals surface area contributed by atoms with Crippen LogP contribution in [0.5, 0.6) is 0 Å². The molecule has 0 amide bonds. The van der Waals surface area contributed by atoms with E-state index >= 15 is 0 Å². The summed E-state index contributed by atoms with van der Waals surface area (Å²) in [7, 11) is 2.05. The number of likely N-dealkylation sites (N-methyl/N-ethyl adjacent to an activating group) is 1. The third kappa shape index (κ3) is 3.95. The van der Waals surface area contributed by atoms with Gasteiger partial charge >= 0.3 is 0 Å². The minimum absolute atomic E-state index is 0.553. The first-order chi connectivity index (χ1) is 8.38. The van der Waals surface area contributed by atoms with Gasteiger partial charge in [-0.25, -0.2) is 0 Å². The normalized spacial score (nSPS) is 12.5. The lowest BCUT2D eigenvalue weighted by atomic mass is 10.0. The Balaban J connectivity index is 1.84. The van der Waals surface area contributed by atoms with Crippen LogP contribution in [0.4, 0.5) is 0 Å². The second kappa shape index (κ2) is 6.52. The Morgan fingerprint density at radius 3 is 2.71 bits per heavy atom. The molecule has 0 bridgehead atoms. The number of aromatic nitrogens is 1. The summed E-state index contributed by atoms with van der Waals surface area (Å²) in [5, 5.41) is 7.78. The van der Waals surface area contributed by atoms with Gasteiger partial charge in [0.15, 0.2) is 0 Å². The van der Waals surface area contributed by atoms with Gasteiger partial charge in [0, 0.05) is 18.4 Å². The van der Waals surface area contributed by atoms with Crippen molar-refractivity contribution in [2.24, 2.45) is 0 Å². The first-order valence-corrected chi connectivity index (χ1v) is 6.90. The Hall–Kier alpha value is -1.19. The van der Waals surface area contributed by atoms with Gasteiger partial charge in [-0.15, -0.1) is 0 Å². The Morgan fingerprint density at radius 2 is 2.06 bits per heavy atom. The summed E-state index contributed by atoms with van der Waals surface area (Å²) in [4.78, 5) is 4.04. The summed E-state index contributed by atoms with van der Waals surface area (Å²) in [5.74, 6) is 0. The molecule has 0 saturated carbocycles. The van der Waals surface area contributed by atoms with E-state index in [1.807, 2.05) is 19.4 Å². The van der Waals surface area contributed by atoms with E-state index < -0.39 is 0 Å². The molecule has 0 aliphatic rings. The Bertz CT molecular complexity index is 411. The second-order valence-electron chi connectivity index (χ2n) is 4.22. The van der Waals surface area contributed by atoms with Crippen molar-refractivity contribution in [2.75, 3.05) is 7.05 Å². The quantitative estimate of drug-likeness (QED) is 0.847. The van der Waals surface area contributed by atoms with Gasteiger partial charge < -0.3 is 5.32 Å². The van der Waals surface area contributed by atoms with Gasteiger partial charge in [0.2, 0.25) is 0 Å². The summed E-state index contributed by atoms with van der Waals surface area (Å²) < 4.78 is 0. The fourth-order valence-electron chi connectivity index (χ4n) is 1.93. The zero-order valence-corrected chi connectivity index (χ0v) is 10.9. The molecule has 2 aromatic heterocycles. The molecule has 0 aliphatic carbocycles. The fraction of sp³-hybridized carbons (Fsp3) is 0.357. The molecule has 2 rings (SSSR count). The second-order valence-corrected chi connectivity index (χ2v) is 5.00. The maximum atomic E-state index is 4.04. The average molecular weight is 246 g/mol. The van der Waals surface area contributed by atoms with Crippen LogP contribution < -0.4 is 5.32 Å². The van der Waals surface area contributed by atoms with Gasteiger partial charge in [-0.1, -0.05) is 0 Å². The van der Waals surface area contributed by atoms with Crippen LogP contribution >= 0.6 is 11.3 Å². The van der Waals surface area contributed by atoms with Gasteiger partial charge in [-0.3, -0.25) is 4.98 Å². The van der Waals surface area contributed by atoms with Crippen molar-refractivity contribution in [3.63, 3.8) is 0 Å². The number of thiophene rings is 1.